The summed E-state index contributed by atoms with van der Waals surface area (Å²) in [6.07, 6.45) is 0. The first-order valence-corrected chi connectivity index (χ1v) is 6.90. The van der Waals surface area contributed by atoms with E-state index in [0.29, 0.717) is 5.92 Å². The minimum Gasteiger partial charge on any atom is -0.414 e. The van der Waals surface area contributed by atoms with Crippen molar-refractivity contribution in [1.29, 1.82) is 0 Å². The van der Waals surface area contributed by atoms with Gasteiger partial charge in [-0.25, -0.2) is 0 Å². The normalized spacial score (nSPS) is 12.9. The summed E-state index contributed by atoms with van der Waals surface area (Å²) < 4.78 is 5.95. The van der Waals surface area contributed by atoms with Gasteiger partial charge in [0.2, 0.25) is 0 Å². The minimum absolute atomic E-state index is 0.00366. The lowest BCUT2D eigenvalue weighted by Gasteiger charge is -2.21. The summed E-state index contributed by atoms with van der Waals surface area (Å²) in [6.45, 7) is 10.8. The Hall–Kier alpha value is -0.603. The van der Waals surface area contributed by atoms with Gasteiger partial charge < -0.3 is 4.43 Å². The molecule has 0 spiro atoms. The predicted molar refractivity (Wildman–Crippen MR) is 69.5 cm³/mol. The molecule has 0 aliphatic heterocycles. The zero-order chi connectivity index (χ0) is 11.5. The van der Waals surface area contributed by atoms with Crippen LogP contribution in [0.15, 0.2) is 24.3 Å². The molecule has 0 saturated heterocycles. The van der Waals surface area contributed by atoms with E-state index in [4.69, 9.17) is 4.43 Å². The van der Waals surface area contributed by atoms with Crippen molar-refractivity contribution >= 4 is 14.9 Å². The van der Waals surface area contributed by atoms with E-state index in [-0.39, 0.29) is 5.60 Å². The summed E-state index contributed by atoms with van der Waals surface area (Å²) >= 11 is 0. The maximum atomic E-state index is 5.95. The average Bonchev–Trinajstić information content (AvgIpc) is 2.14. The van der Waals surface area contributed by atoms with Crippen LogP contribution in [0.3, 0.4) is 0 Å². The van der Waals surface area contributed by atoms with Gasteiger partial charge in [0, 0.05) is 5.60 Å². The van der Waals surface area contributed by atoms with E-state index in [0.717, 1.165) is 0 Å². The van der Waals surface area contributed by atoms with Gasteiger partial charge in [0.15, 0.2) is 9.76 Å². The first-order chi connectivity index (χ1) is 6.90. The molecule has 0 radical (unpaired) electrons. The van der Waals surface area contributed by atoms with Gasteiger partial charge >= 0.3 is 0 Å². The lowest BCUT2D eigenvalue weighted by Crippen LogP contribution is -2.30. The van der Waals surface area contributed by atoms with E-state index < -0.39 is 9.76 Å². The largest absolute Gasteiger partial charge is 0.414 e. The SMILES string of the molecule is CC(C)c1ccccc1[SiH2]OC(C)(C)C. The molecule has 0 aliphatic carbocycles. The third kappa shape index (κ3) is 4.18. The molecule has 0 atom stereocenters. The van der Waals surface area contributed by atoms with E-state index >= 15 is 0 Å². The van der Waals surface area contributed by atoms with Gasteiger partial charge in [-0.1, -0.05) is 38.1 Å². The van der Waals surface area contributed by atoms with E-state index in [1.807, 2.05) is 0 Å². The lowest BCUT2D eigenvalue weighted by molar-refractivity contribution is 0.141. The van der Waals surface area contributed by atoms with Crippen molar-refractivity contribution in [2.75, 3.05) is 0 Å². The molecule has 0 aromatic heterocycles. The van der Waals surface area contributed by atoms with Crippen LogP contribution in [0, 0.1) is 0 Å². The molecule has 1 aromatic carbocycles. The predicted octanol–water partition coefficient (Wildman–Crippen LogP) is 2.33. The van der Waals surface area contributed by atoms with Crippen molar-refractivity contribution in [1.82, 2.24) is 0 Å². The van der Waals surface area contributed by atoms with Gasteiger partial charge in [0.25, 0.3) is 0 Å². The Morgan fingerprint density at radius 3 is 2.27 bits per heavy atom. The second-order valence-corrected chi connectivity index (χ2v) is 6.59. The highest BCUT2D eigenvalue weighted by atomic mass is 28.2. The highest BCUT2D eigenvalue weighted by Gasteiger charge is 2.12. The van der Waals surface area contributed by atoms with E-state index in [2.05, 4.69) is 58.9 Å². The molecular formula is C13H22OSi. The summed E-state index contributed by atoms with van der Waals surface area (Å²) in [5, 5.41) is 1.45. The van der Waals surface area contributed by atoms with Crippen molar-refractivity contribution in [3.63, 3.8) is 0 Å². The Morgan fingerprint density at radius 1 is 1.13 bits per heavy atom. The highest BCUT2D eigenvalue weighted by molar-refractivity contribution is 6.47. The molecule has 1 nitrogen and oxygen atoms in total. The Labute approximate surface area is 95.8 Å². The average molecular weight is 222 g/mol. The van der Waals surface area contributed by atoms with Crippen LogP contribution in [0.25, 0.3) is 0 Å². The third-order valence-corrected chi connectivity index (χ3v) is 4.30. The summed E-state index contributed by atoms with van der Waals surface area (Å²) in [4.78, 5) is 0. The van der Waals surface area contributed by atoms with Crippen LogP contribution in [0.5, 0.6) is 0 Å². The Bertz CT molecular complexity index is 313. The zero-order valence-corrected chi connectivity index (χ0v) is 11.9. The van der Waals surface area contributed by atoms with Crippen LogP contribution >= 0.6 is 0 Å². The number of rotatable bonds is 3. The van der Waals surface area contributed by atoms with Crippen LogP contribution < -0.4 is 5.19 Å². The van der Waals surface area contributed by atoms with Crippen molar-refractivity contribution in [3.8, 4) is 0 Å². The van der Waals surface area contributed by atoms with Gasteiger partial charge in [-0.2, -0.15) is 0 Å². The molecule has 0 fully saturated rings. The molecule has 0 aliphatic rings. The molecule has 0 unspecified atom stereocenters. The van der Waals surface area contributed by atoms with Gasteiger partial charge in [-0.3, -0.25) is 0 Å². The molecule has 1 aromatic rings. The van der Waals surface area contributed by atoms with Crippen molar-refractivity contribution in [3.05, 3.63) is 29.8 Å². The molecule has 0 saturated carbocycles. The summed E-state index contributed by atoms with van der Waals surface area (Å²) in [5.74, 6) is 0.595. The van der Waals surface area contributed by atoms with Crippen LogP contribution in [0.4, 0.5) is 0 Å². The molecule has 15 heavy (non-hydrogen) atoms. The van der Waals surface area contributed by atoms with E-state index in [1.54, 1.807) is 0 Å². The fraction of sp³-hybridized carbons (Fsp3) is 0.538. The van der Waals surface area contributed by atoms with Crippen LogP contribution in [0.1, 0.15) is 46.1 Å². The quantitative estimate of drug-likeness (QED) is 0.713. The van der Waals surface area contributed by atoms with E-state index in [1.165, 1.54) is 10.8 Å². The van der Waals surface area contributed by atoms with Crippen LogP contribution in [-0.4, -0.2) is 15.4 Å². The second-order valence-electron chi connectivity index (χ2n) is 5.25. The monoisotopic (exact) mass is 222 g/mol. The fourth-order valence-corrected chi connectivity index (χ4v) is 3.04. The third-order valence-electron chi connectivity index (χ3n) is 2.34. The van der Waals surface area contributed by atoms with Crippen molar-refractivity contribution in [2.45, 2.75) is 46.1 Å². The van der Waals surface area contributed by atoms with Crippen LogP contribution in [0.2, 0.25) is 0 Å². The molecular weight excluding hydrogens is 200 g/mol. The van der Waals surface area contributed by atoms with Gasteiger partial charge in [0.1, 0.15) is 0 Å². The van der Waals surface area contributed by atoms with Gasteiger partial charge in [0.05, 0.1) is 0 Å². The zero-order valence-electron chi connectivity index (χ0n) is 10.5. The number of benzene rings is 1. The summed E-state index contributed by atoms with van der Waals surface area (Å²) in [7, 11) is -0.587. The van der Waals surface area contributed by atoms with Crippen LogP contribution in [-0.2, 0) is 4.43 Å². The second kappa shape index (κ2) is 4.95. The Kier molecular flexibility index (Phi) is 4.11. The van der Waals surface area contributed by atoms with Crippen molar-refractivity contribution < 1.29 is 4.43 Å². The standard InChI is InChI=1S/C13H22OSi/c1-10(2)11-8-6-7-9-12(11)15-14-13(3,4)5/h6-10H,15H2,1-5H3. The molecule has 1 rings (SSSR count). The highest BCUT2D eigenvalue weighted by Crippen LogP contribution is 2.12. The van der Waals surface area contributed by atoms with Gasteiger partial charge in [-0.05, 0) is 37.4 Å². The van der Waals surface area contributed by atoms with Gasteiger partial charge in [-0.15, -0.1) is 0 Å². The fourth-order valence-electron chi connectivity index (χ4n) is 1.52. The number of hydrogen-bond acceptors (Lipinski definition) is 1. The number of hydrogen-bond donors (Lipinski definition) is 0. The molecule has 0 N–H and O–H groups in total. The van der Waals surface area contributed by atoms with E-state index in [9.17, 15) is 0 Å². The molecule has 0 amide bonds. The maximum absolute atomic E-state index is 5.95. The first-order valence-electron chi connectivity index (χ1n) is 5.62. The van der Waals surface area contributed by atoms with Crippen molar-refractivity contribution in [2.24, 2.45) is 0 Å². The summed E-state index contributed by atoms with van der Waals surface area (Å²) in [6, 6.07) is 8.66. The summed E-state index contributed by atoms with van der Waals surface area (Å²) in [5.41, 5.74) is 1.45. The Balaban J connectivity index is 2.76. The molecule has 0 bridgehead atoms. The smallest absolute Gasteiger partial charge is 0.193 e. The maximum Gasteiger partial charge on any atom is 0.193 e. The lowest BCUT2D eigenvalue weighted by atomic mass is 10.0. The molecule has 2 heteroatoms. The molecule has 84 valence electrons. The topological polar surface area (TPSA) is 9.23 Å². The molecule has 0 heterocycles. The first kappa shape index (κ1) is 12.5. The Morgan fingerprint density at radius 2 is 1.73 bits per heavy atom. The minimum atomic E-state index is -0.587.